The molecular weight excluding hydrogens is 1180 g/mol. The van der Waals surface area contributed by atoms with Crippen molar-refractivity contribution in [3.63, 3.8) is 0 Å². The Labute approximate surface area is 532 Å². The van der Waals surface area contributed by atoms with Crippen LogP contribution < -0.4 is 31.9 Å². The fourth-order valence-corrected chi connectivity index (χ4v) is 15.5. The average Bonchev–Trinajstić information content (AvgIpc) is 2.24. The lowest BCUT2D eigenvalue weighted by Crippen LogP contribution is -2.63. The van der Waals surface area contributed by atoms with Crippen molar-refractivity contribution in [1.29, 1.82) is 0 Å². The van der Waals surface area contributed by atoms with E-state index in [4.69, 9.17) is 13.6 Å². The first kappa shape index (κ1) is 63.1. The molecule has 0 spiro atoms. The molecule has 0 atom stereocenters. The highest BCUT2D eigenvalue weighted by Gasteiger charge is 2.43. The summed E-state index contributed by atoms with van der Waals surface area (Å²) in [5, 5.41) is 57.9. The molecule has 8 aromatic rings. The number of amides is 3. The normalized spacial score (nSPS) is 24.4. The third kappa shape index (κ3) is 15.0. The van der Waals surface area contributed by atoms with Crippen LogP contribution in [0.3, 0.4) is 0 Å². The zero-order valence-electron chi connectivity index (χ0n) is 52.2. The highest BCUT2D eigenvalue weighted by Crippen LogP contribution is 2.42. The molecule has 24 heteroatoms. The van der Waals surface area contributed by atoms with Gasteiger partial charge >= 0.3 is 0 Å². The topological polar surface area (TPSA) is 277 Å². The van der Waals surface area contributed by atoms with Gasteiger partial charge in [0.05, 0.1) is 64.3 Å². The van der Waals surface area contributed by atoms with Crippen LogP contribution in [0, 0.1) is 32.6 Å². The highest BCUT2D eigenvalue weighted by atomic mass is 32.1. The number of carbonyl (C=O) groups excluding carboxylic acids is 3. The number of carbonyl (C=O) groups is 3. The van der Waals surface area contributed by atoms with Gasteiger partial charge in [-0.05, 0) is 146 Å². The molecule has 3 saturated carbocycles. The first-order chi connectivity index (χ1) is 43.5. The molecule has 3 saturated heterocycles. The van der Waals surface area contributed by atoms with Crippen LogP contribution in [0.1, 0.15) is 117 Å². The van der Waals surface area contributed by atoms with E-state index >= 15 is 0 Å². The summed E-state index contributed by atoms with van der Waals surface area (Å²) in [6, 6.07) is 19.9. The van der Waals surface area contributed by atoms with Crippen molar-refractivity contribution in [3.8, 4) is 0 Å². The summed E-state index contributed by atoms with van der Waals surface area (Å²) in [5.74, 6) is 3.45. The molecule has 22 nitrogen and oxygen atoms in total. The predicted molar refractivity (Wildman–Crippen MR) is 349 cm³/mol. The van der Waals surface area contributed by atoms with E-state index in [2.05, 4.69) is 85.9 Å². The van der Waals surface area contributed by atoms with Crippen LogP contribution in [0.25, 0.3) is 32.9 Å². The van der Waals surface area contributed by atoms with Gasteiger partial charge in [-0.25, -0.2) is 4.98 Å². The van der Waals surface area contributed by atoms with Crippen LogP contribution in [0.5, 0.6) is 0 Å². The maximum Gasteiger partial charge on any atom is 0.239 e. The Morgan fingerprint density at radius 1 is 0.556 bits per heavy atom. The molecule has 8 heterocycles. The maximum absolute atomic E-state index is 12.4. The Morgan fingerprint density at radius 3 is 1.30 bits per heavy atom. The molecule has 14 rings (SSSR count). The number of fused-ring (bicyclic) bond motifs is 3. The fourth-order valence-electron chi connectivity index (χ4n) is 14.0. The van der Waals surface area contributed by atoms with Crippen molar-refractivity contribution in [3.05, 3.63) is 104 Å². The summed E-state index contributed by atoms with van der Waals surface area (Å²) >= 11 is 3.06. The third-order valence-corrected chi connectivity index (χ3v) is 21.4. The minimum atomic E-state index is -0.765. The Balaban J connectivity index is 0.000000131. The summed E-state index contributed by atoms with van der Waals surface area (Å²) in [5.41, 5.74) is 5.82. The van der Waals surface area contributed by atoms with Gasteiger partial charge in [-0.3, -0.25) is 34.1 Å². The molecule has 0 radical (unpaired) electrons. The van der Waals surface area contributed by atoms with E-state index in [1.54, 1.807) is 17.9 Å². The lowest BCUT2D eigenvalue weighted by molar-refractivity contribution is -0.122. The van der Waals surface area contributed by atoms with E-state index in [0.29, 0.717) is 46.7 Å². The van der Waals surface area contributed by atoms with Gasteiger partial charge in [0.2, 0.25) is 17.7 Å². The van der Waals surface area contributed by atoms with Gasteiger partial charge in [0.25, 0.3) is 0 Å². The lowest BCUT2D eigenvalue weighted by atomic mass is 9.78. The first-order valence-electron chi connectivity index (χ1n) is 32.1. The van der Waals surface area contributed by atoms with Gasteiger partial charge in [0.15, 0.2) is 34.2 Å². The highest BCUT2D eigenvalue weighted by molar-refractivity contribution is 7.10. The summed E-state index contributed by atoms with van der Waals surface area (Å²) in [6.45, 7) is 16.7. The molecule has 6 aliphatic rings. The van der Waals surface area contributed by atoms with E-state index in [-0.39, 0.29) is 55.5 Å². The molecular formula is C66H86N14O8S2. The lowest BCUT2D eigenvalue weighted by Gasteiger charge is -2.48. The summed E-state index contributed by atoms with van der Waals surface area (Å²) in [4.78, 5) is 53.8. The summed E-state index contributed by atoms with van der Waals surface area (Å²) in [6.07, 6.45) is 15.7. The van der Waals surface area contributed by atoms with Gasteiger partial charge in [-0.2, -0.15) is 0 Å². The van der Waals surface area contributed by atoms with Crippen LogP contribution in [-0.2, 0) is 25.6 Å². The summed E-state index contributed by atoms with van der Waals surface area (Å²) < 4.78 is 15.9. The number of thiazole rings is 2. The number of aryl methyl sites for hydroxylation is 3. The van der Waals surface area contributed by atoms with Crippen molar-refractivity contribution in [2.75, 3.05) is 74.9 Å². The van der Waals surface area contributed by atoms with Crippen LogP contribution in [0.2, 0.25) is 0 Å². The molecule has 3 amide bonds. The molecule has 480 valence electrons. The molecule has 0 bridgehead atoms. The van der Waals surface area contributed by atoms with E-state index in [1.807, 2.05) is 80.7 Å². The molecule has 5 aromatic heterocycles. The van der Waals surface area contributed by atoms with Gasteiger partial charge < -0.3 is 55.7 Å². The largest absolute Gasteiger partial charge is 0.384 e. The number of aromatic nitrogens is 5. The maximum atomic E-state index is 12.4. The number of benzene rings is 3. The molecule has 3 aliphatic heterocycles. The van der Waals surface area contributed by atoms with E-state index in [9.17, 15) is 24.6 Å². The van der Waals surface area contributed by atoms with Crippen molar-refractivity contribution in [1.82, 2.24) is 56.1 Å². The monoisotopic (exact) mass is 1270 g/mol. The van der Waals surface area contributed by atoms with Gasteiger partial charge in [-0.15, -0.1) is 22.7 Å². The van der Waals surface area contributed by atoms with Crippen LogP contribution in [0.4, 0.5) is 17.5 Å². The van der Waals surface area contributed by atoms with Crippen LogP contribution in [0.15, 0.2) is 91.5 Å². The Kier molecular flexibility index (Phi) is 19.5. The Bertz CT molecular complexity index is 3510. The number of likely N-dealkylation sites (tertiary alicyclic amines) is 3. The average molecular weight is 1270 g/mol. The van der Waals surface area contributed by atoms with Crippen LogP contribution >= 0.6 is 22.7 Å². The quantitative estimate of drug-likeness (QED) is 0.0398. The third-order valence-electron chi connectivity index (χ3n) is 19.5. The van der Waals surface area contributed by atoms with E-state index in [1.165, 1.54) is 48.4 Å². The molecule has 6 fully saturated rings. The fraction of sp³-hybridized carbons (Fsp3) is 0.545. The van der Waals surface area contributed by atoms with Crippen molar-refractivity contribution >= 4 is 90.8 Å². The van der Waals surface area contributed by atoms with Crippen molar-refractivity contribution in [2.24, 2.45) is 11.8 Å². The zero-order chi connectivity index (χ0) is 62.5. The number of nitrogens with zero attached hydrogens (tertiary/aromatic N) is 8. The molecule has 3 aliphatic carbocycles. The molecule has 90 heavy (non-hydrogen) atoms. The number of hydrogen-bond acceptors (Lipinski definition) is 21. The van der Waals surface area contributed by atoms with Crippen LogP contribution in [-0.4, -0.2) is 163 Å². The smallest absolute Gasteiger partial charge is 0.239 e. The minimum absolute atomic E-state index is 0.0111. The number of rotatable bonds is 18. The van der Waals surface area contributed by atoms with E-state index in [0.717, 1.165) is 151 Å². The number of aliphatic hydroxyl groups is 2. The van der Waals surface area contributed by atoms with Gasteiger partial charge in [-0.1, -0.05) is 64.2 Å². The second-order valence-electron chi connectivity index (χ2n) is 26.3. The van der Waals surface area contributed by atoms with Crippen molar-refractivity contribution in [2.45, 2.75) is 159 Å². The Hall–Kier alpha value is -7.06. The van der Waals surface area contributed by atoms with Gasteiger partial charge in [0.1, 0.15) is 16.2 Å². The molecule has 8 N–H and O–H groups in total. The molecule has 0 unspecified atom stereocenters. The minimum Gasteiger partial charge on any atom is -0.384 e. The van der Waals surface area contributed by atoms with Gasteiger partial charge in [0, 0.05) is 75.2 Å². The number of nitrogens with one attached hydrogen (secondary N) is 6. The summed E-state index contributed by atoms with van der Waals surface area (Å²) in [7, 11) is 0. The standard InChI is InChI=1S/2C22H27N5O3S.C22H32N4O2/c1-14-2-3-18-17(8-14)21(26-30-18)24-10-20(28)25-15-11-27(12-15)16-4-6-22(29,7-5-16)19-9-23-13-31-19;1-14-2-3-18-17(10-14)20(26-30-18)24-11-19(28)25-15-12-27(13-15)16-4-6-22(29,7-5-16)21-23-8-9-31-21;1-14(2)16-5-7-18(8-6-16)26-12-17(13-26)24-21(27)11-23-22-19-10-15(3)4-9-20(19)28-25-22/h2-3,8-9,13,15-16,29H,4-7,10-12H2,1H3,(H,24,26)(H,25,28);2-3,8-10,15-16,29H,4-7,11-13H2,1H3,(H,24,26)(H,25,28);4,9-10,14,16-18H,5-8,11-13H2,1-3H3,(H,23,25)(H,24,27). The number of hydrogen-bond donors (Lipinski definition) is 8. The number of anilines is 3. The first-order valence-corrected chi connectivity index (χ1v) is 33.9. The molecule has 3 aromatic carbocycles. The second-order valence-corrected chi connectivity index (χ2v) is 28.1. The van der Waals surface area contributed by atoms with Crippen molar-refractivity contribution < 1.29 is 38.2 Å². The predicted octanol–water partition coefficient (Wildman–Crippen LogP) is 8.83. The zero-order valence-corrected chi connectivity index (χ0v) is 53.8. The second kappa shape index (κ2) is 27.8. The SMILES string of the molecule is Cc1ccc2onc(NCC(=O)NC3CN(C4CCC(C(C)C)CC4)C3)c2c1.Cc1ccc2onc(NCC(=O)NC3CN(C4CCC(O)(c5cncs5)CC4)C3)c2c1.Cc1ccc2onc(NCC(=O)NC3CN(C4CCC(O)(c5nccs5)CC4)C3)c2c1. The van der Waals surface area contributed by atoms with E-state index < -0.39 is 11.2 Å². The Morgan fingerprint density at radius 2 is 0.944 bits per heavy atom.